The lowest BCUT2D eigenvalue weighted by Gasteiger charge is -2.51. The third-order valence-corrected chi connectivity index (χ3v) is 5.99. The van der Waals surface area contributed by atoms with Crippen LogP contribution >= 0.6 is 0 Å². The number of nitrogens with one attached hydrogen (secondary N) is 1. The van der Waals surface area contributed by atoms with Gasteiger partial charge in [-0.3, -0.25) is 4.90 Å². The first kappa shape index (κ1) is 16.2. The molecule has 20 heavy (non-hydrogen) atoms. The predicted octanol–water partition coefficient (Wildman–Crippen LogP) is 1.52. The zero-order valence-electron chi connectivity index (χ0n) is 13.6. The van der Waals surface area contributed by atoms with Crippen LogP contribution in [0.5, 0.6) is 0 Å². The van der Waals surface area contributed by atoms with Crippen molar-refractivity contribution in [1.82, 2.24) is 10.2 Å². The molecule has 1 heterocycles. The molecule has 0 radical (unpaired) electrons. The summed E-state index contributed by atoms with van der Waals surface area (Å²) in [5.74, 6) is 1.00. The summed E-state index contributed by atoms with van der Waals surface area (Å²) in [5.41, 5.74) is 0.334. The third-order valence-electron chi connectivity index (χ3n) is 5.07. The minimum Gasteiger partial charge on any atom is -0.310 e. The summed E-state index contributed by atoms with van der Waals surface area (Å²) in [4.78, 5) is 2.44. The zero-order chi connectivity index (χ0) is 15.2. The van der Waals surface area contributed by atoms with E-state index in [1.807, 2.05) is 0 Å². The van der Waals surface area contributed by atoms with Crippen molar-refractivity contribution in [2.45, 2.75) is 52.1 Å². The van der Waals surface area contributed by atoms with Crippen molar-refractivity contribution in [2.24, 2.45) is 11.3 Å². The van der Waals surface area contributed by atoms with E-state index in [1.54, 1.807) is 0 Å². The summed E-state index contributed by atoms with van der Waals surface area (Å²) in [6.07, 6.45) is 3.91. The largest absolute Gasteiger partial charge is 0.310 e. The molecule has 2 unspecified atom stereocenters. The van der Waals surface area contributed by atoms with Gasteiger partial charge in [0.25, 0.3) is 0 Å². The van der Waals surface area contributed by atoms with Gasteiger partial charge in [-0.25, -0.2) is 8.42 Å². The molecule has 1 saturated heterocycles. The van der Waals surface area contributed by atoms with Gasteiger partial charge in [0.15, 0.2) is 0 Å². The SMILES string of the molecule is CC(C)(C)C1CN(CCS(C)(=O)=O)C(C)(C2CC2)CN1. The Balaban J connectivity index is 2.11. The summed E-state index contributed by atoms with van der Waals surface area (Å²) >= 11 is 0. The molecular formula is C15H30N2O2S. The highest BCUT2D eigenvalue weighted by molar-refractivity contribution is 7.90. The average molecular weight is 302 g/mol. The Morgan fingerprint density at radius 3 is 2.35 bits per heavy atom. The number of nitrogens with zero attached hydrogens (tertiary/aromatic N) is 1. The minimum atomic E-state index is -2.89. The van der Waals surface area contributed by atoms with Gasteiger partial charge in [-0.2, -0.15) is 0 Å². The van der Waals surface area contributed by atoms with Crippen LogP contribution in [0, 0.1) is 11.3 Å². The summed E-state index contributed by atoms with van der Waals surface area (Å²) in [7, 11) is -2.89. The molecule has 2 rings (SSSR count). The quantitative estimate of drug-likeness (QED) is 0.855. The monoisotopic (exact) mass is 302 g/mol. The van der Waals surface area contributed by atoms with Crippen LogP contribution in [0.15, 0.2) is 0 Å². The molecule has 1 saturated carbocycles. The Labute approximate surface area is 124 Å². The van der Waals surface area contributed by atoms with Crippen LogP contribution in [-0.2, 0) is 9.84 Å². The zero-order valence-corrected chi connectivity index (χ0v) is 14.4. The first-order chi connectivity index (χ1) is 9.02. The lowest BCUT2D eigenvalue weighted by molar-refractivity contribution is 0.0153. The van der Waals surface area contributed by atoms with Crippen molar-refractivity contribution >= 4 is 9.84 Å². The molecule has 0 spiro atoms. The Morgan fingerprint density at radius 2 is 1.90 bits per heavy atom. The molecule has 0 aromatic rings. The van der Waals surface area contributed by atoms with Crippen molar-refractivity contribution in [3.05, 3.63) is 0 Å². The molecule has 2 fully saturated rings. The maximum Gasteiger partial charge on any atom is 0.148 e. The topological polar surface area (TPSA) is 49.4 Å². The Kier molecular flexibility index (Phi) is 4.27. The van der Waals surface area contributed by atoms with Gasteiger partial charge in [0.05, 0.1) is 5.75 Å². The molecule has 1 aliphatic carbocycles. The maximum atomic E-state index is 11.5. The average Bonchev–Trinajstić information content (AvgIpc) is 3.08. The van der Waals surface area contributed by atoms with Crippen molar-refractivity contribution in [2.75, 3.05) is 31.6 Å². The molecule has 0 bridgehead atoms. The standard InChI is InChI=1S/C15H30N2O2S/c1-14(2,3)13-10-17(8-9-20(5,18)19)15(4,11-16-13)12-6-7-12/h12-13,16H,6-11H2,1-5H3. The van der Waals surface area contributed by atoms with E-state index in [1.165, 1.54) is 19.1 Å². The maximum absolute atomic E-state index is 11.5. The molecule has 118 valence electrons. The number of rotatable bonds is 4. The predicted molar refractivity (Wildman–Crippen MR) is 83.7 cm³/mol. The van der Waals surface area contributed by atoms with Crippen LogP contribution < -0.4 is 5.32 Å². The summed E-state index contributed by atoms with van der Waals surface area (Å²) in [5, 5.41) is 3.71. The molecule has 5 heteroatoms. The summed E-state index contributed by atoms with van der Waals surface area (Å²) < 4.78 is 23.0. The van der Waals surface area contributed by atoms with Gasteiger partial charge in [0, 0.05) is 37.5 Å². The Bertz CT molecular complexity index is 451. The molecule has 0 amide bonds. The molecular weight excluding hydrogens is 272 g/mol. The number of sulfone groups is 1. The molecule has 1 N–H and O–H groups in total. The van der Waals surface area contributed by atoms with Crippen LogP contribution in [0.3, 0.4) is 0 Å². The fraction of sp³-hybridized carbons (Fsp3) is 1.00. The molecule has 0 aromatic carbocycles. The van der Waals surface area contributed by atoms with E-state index in [4.69, 9.17) is 0 Å². The van der Waals surface area contributed by atoms with Crippen molar-refractivity contribution in [3.8, 4) is 0 Å². The molecule has 1 aliphatic heterocycles. The first-order valence-electron chi connectivity index (χ1n) is 7.68. The second kappa shape index (κ2) is 5.25. The van der Waals surface area contributed by atoms with E-state index in [9.17, 15) is 8.42 Å². The van der Waals surface area contributed by atoms with Gasteiger partial charge < -0.3 is 5.32 Å². The number of piperazine rings is 1. The van der Waals surface area contributed by atoms with E-state index in [-0.39, 0.29) is 16.7 Å². The molecule has 4 nitrogen and oxygen atoms in total. The fourth-order valence-corrected chi connectivity index (χ4v) is 3.80. The molecule has 2 atom stereocenters. The first-order valence-corrected chi connectivity index (χ1v) is 9.74. The van der Waals surface area contributed by atoms with Crippen molar-refractivity contribution in [3.63, 3.8) is 0 Å². The molecule has 2 aliphatic rings. The second-order valence-electron chi connectivity index (χ2n) is 8.01. The third kappa shape index (κ3) is 3.74. The van der Waals surface area contributed by atoms with Crippen molar-refractivity contribution in [1.29, 1.82) is 0 Å². The van der Waals surface area contributed by atoms with Crippen LogP contribution in [0.2, 0.25) is 0 Å². The van der Waals surface area contributed by atoms with Gasteiger partial charge in [-0.15, -0.1) is 0 Å². The fourth-order valence-electron chi connectivity index (χ4n) is 3.25. The molecule has 0 aromatic heterocycles. The smallest absolute Gasteiger partial charge is 0.148 e. The highest BCUT2D eigenvalue weighted by atomic mass is 32.2. The second-order valence-corrected chi connectivity index (χ2v) is 10.3. The summed E-state index contributed by atoms with van der Waals surface area (Å²) in [6.45, 7) is 11.6. The van der Waals surface area contributed by atoms with E-state index in [2.05, 4.69) is 37.9 Å². The van der Waals surface area contributed by atoms with E-state index in [0.717, 1.165) is 19.0 Å². The lowest BCUT2D eigenvalue weighted by Crippen LogP contribution is -2.67. The van der Waals surface area contributed by atoms with Crippen molar-refractivity contribution < 1.29 is 8.42 Å². The highest BCUT2D eigenvalue weighted by Crippen LogP contribution is 2.44. The Morgan fingerprint density at radius 1 is 1.30 bits per heavy atom. The van der Waals surface area contributed by atoms with Gasteiger partial charge in [0.1, 0.15) is 9.84 Å². The normalized spacial score (nSPS) is 33.4. The highest BCUT2D eigenvalue weighted by Gasteiger charge is 2.49. The van der Waals surface area contributed by atoms with E-state index < -0.39 is 9.84 Å². The van der Waals surface area contributed by atoms with E-state index >= 15 is 0 Å². The van der Waals surface area contributed by atoms with Gasteiger partial charge in [0.2, 0.25) is 0 Å². The number of hydrogen-bond acceptors (Lipinski definition) is 4. The van der Waals surface area contributed by atoms with Crippen LogP contribution in [0.4, 0.5) is 0 Å². The van der Waals surface area contributed by atoms with Crippen LogP contribution in [-0.4, -0.2) is 56.5 Å². The summed E-state index contributed by atoms with van der Waals surface area (Å²) in [6, 6.07) is 0.425. The van der Waals surface area contributed by atoms with Gasteiger partial charge >= 0.3 is 0 Å². The lowest BCUT2D eigenvalue weighted by atomic mass is 9.81. The number of hydrogen-bond donors (Lipinski definition) is 1. The van der Waals surface area contributed by atoms with Gasteiger partial charge in [-0.1, -0.05) is 20.8 Å². The van der Waals surface area contributed by atoms with E-state index in [0.29, 0.717) is 12.6 Å². The van der Waals surface area contributed by atoms with Crippen LogP contribution in [0.25, 0.3) is 0 Å². The minimum absolute atomic E-state index is 0.131. The van der Waals surface area contributed by atoms with Crippen LogP contribution in [0.1, 0.15) is 40.5 Å². The van der Waals surface area contributed by atoms with Gasteiger partial charge in [-0.05, 0) is 31.1 Å². The Hall–Kier alpha value is -0.130.